The van der Waals surface area contributed by atoms with Crippen molar-refractivity contribution in [3.05, 3.63) is 24.3 Å². The van der Waals surface area contributed by atoms with E-state index < -0.39 is 0 Å². The van der Waals surface area contributed by atoms with E-state index in [-0.39, 0.29) is 12.5 Å². The molecular weight excluding hydrogens is 258 g/mol. The lowest BCUT2D eigenvalue weighted by Gasteiger charge is -2.32. The fourth-order valence-corrected chi connectivity index (χ4v) is 2.15. The average molecular weight is 277 g/mol. The Kier molecular flexibility index (Phi) is 4.81. The van der Waals surface area contributed by atoms with Gasteiger partial charge in [0, 0.05) is 26.2 Å². The van der Waals surface area contributed by atoms with Gasteiger partial charge >= 0.3 is 0 Å². The van der Waals surface area contributed by atoms with E-state index in [1.54, 1.807) is 16.9 Å². The van der Waals surface area contributed by atoms with E-state index in [4.69, 9.17) is 4.74 Å². The van der Waals surface area contributed by atoms with Crippen LogP contribution in [-0.4, -0.2) is 62.0 Å². The molecule has 1 aliphatic heterocycles. The van der Waals surface area contributed by atoms with Gasteiger partial charge in [0.2, 0.25) is 12.3 Å². The fourth-order valence-electron chi connectivity index (χ4n) is 2.15. The Morgan fingerprint density at radius 3 is 2.65 bits per heavy atom. The molecule has 1 N–H and O–H groups in total. The lowest BCUT2D eigenvalue weighted by Crippen LogP contribution is -2.49. The first-order chi connectivity index (χ1) is 9.74. The van der Waals surface area contributed by atoms with Crippen molar-refractivity contribution in [1.29, 1.82) is 0 Å². The number of hydrogen-bond donors (Lipinski definition) is 1. The van der Waals surface area contributed by atoms with Crippen molar-refractivity contribution < 1.29 is 14.3 Å². The highest BCUT2D eigenvalue weighted by Crippen LogP contribution is 2.22. The van der Waals surface area contributed by atoms with Crippen LogP contribution >= 0.6 is 0 Å². The van der Waals surface area contributed by atoms with Gasteiger partial charge in [0.05, 0.1) is 19.3 Å². The SMILES string of the molecule is COc1ccccc1NCC(=O)N1CCN(C=O)CC1. The van der Waals surface area contributed by atoms with Crippen LogP contribution < -0.4 is 10.1 Å². The maximum Gasteiger partial charge on any atom is 0.241 e. The van der Waals surface area contributed by atoms with Gasteiger partial charge in [-0.2, -0.15) is 0 Å². The number of hydrogen-bond acceptors (Lipinski definition) is 4. The normalized spacial score (nSPS) is 14.8. The number of amides is 2. The predicted octanol–water partition coefficient (Wildman–Crippen LogP) is 0.408. The number of carbonyl (C=O) groups is 2. The van der Waals surface area contributed by atoms with Gasteiger partial charge in [-0.15, -0.1) is 0 Å². The second-order valence-corrected chi connectivity index (χ2v) is 4.58. The highest BCUT2D eigenvalue weighted by atomic mass is 16.5. The van der Waals surface area contributed by atoms with Gasteiger partial charge in [-0.1, -0.05) is 12.1 Å². The second kappa shape index (κ2) is 6.79. The van der Waals surface area contributed by atoms with Crippen molar-refractivity contribution in [3.63, 3.8) is 0 Å². The Morgan fingerprint density at radius 2 is 2.00 bits per heavy atom. The van der Waals surface area contributed by atoms with E-state index in [1.807, 2.05) is 24.3 Å². The van der Waals surface area contributed by atoms with Crippen LogP contribution in [0.25, 0.3) is 0 Å². The van der Waals surface area contributed by atoms with Gasteiger partial charge in [0.1, 0.15) is 5.75 Å². The molecule has 1 aromatic rings. The quantitative estimate of drug-likeness (QED) is 0.792. The monoisotopic (exact) mass is 277 g/mol. The van der Waals surface area contributed by atoms with Crippen LogP contribution in [0.4, 0.5) is 5.69 Å². The predicted molar refractivity (Wildman–Crippen MR) is 75.7 cm³/mol. The Labute approximate surface area is 118 Å². The van der Waals surface area contributed by atoms with E-state index in [9.17, 15) is 9.59 Å². The van der Waals surface area contributed by atoms with Crippen LogP contribution in [0.2, 0.25) is 0 Å². The number of nitrogens with one attached hydrogen (secondary N) is 1. The van der Waals surface area contributed by atoms with Gasteiger partial charge in [0.25, 0.3) is 0 Å². The summed E-state index contributed by atoms with van der Waals surface area (Å²) in [5, 5.41) is 3.09. The lowest BCUT2D eigenvalue weighted by molar-refractivity contribution is -0.133. The summed E-state index contributed by atoms with van der Waals surface area (Å²) in [6.07, 6.45) is 0.828. The number of carbonyl (C=O) groups excluding carboxylic acids is 2. The number of rotatable bonds is 5. The molecule has 0 atom stereocenters. The Morgan fingerprint density at radius 1 is 1.30 bits per heavy atom. The molecular formula is C14H19N3O3. The minimum atomic E-state index is 0.0291. The molecule has 6 heteroatoms. The summed E-state index contributed by atoms with van der Waals surface area (Å²) in [5.41, 5.74) is 0.801. The van der Waals surface area contributed by atoms with Crippen molar-refractivity contribution in [2.24, 2.45) is 0 Å². The Hall–Kier alpha value is -2.24. The van der Waals surface area contributed by atoms with E-state index >= 15 is 0 Å². The van der Waals surface area contributed by atoms with E-state index in [1.165, 1.54) is 0 Å². The van der Waals surface area contributed by atoms with Crippen LogP contribution in [0, 0.1) is 0 Å². The van der Waals surface area contributed by atoms with Crippen molar-refractivity contribution in [2.45, 2.75) is 0 Å². The van der Waals surface area contributed by atoms with Crippen LogP contribution in [0.15, 0.2) is 24.3 Å². The third-order valence-corrected chi connectivity index (χ3v) is 3.35. The first-order valence-corrected chi connectivity index (χ1v) is 6.58. The van der Waals surface area contributed by atoms with Gasteiger partial charge in [-0.05, 0) is 12.1 Å². The summed E-state index contributed by atoms with van der Waals surface area (Å²) in [6.45, 7) is 2.60. The summed E-state index contributed by atoms with van der Waals surface area (Å²) < 4.78 is 5.22. The molecule has 2 rings (SSSR count). The zero-order valence-corrected chi connectivity index (χ0v) is 11.5. The summed E-state index contributed by atoms with van der Waals surface area (Å²) in [6, 6.07) is 7.48. The van der Waals surface area contributed by atoms with Gasteiger partial charge in [-0.25, -0.2) is 0 Å². The third kappa shape index (κ3) is 3.40. The van der Waals surface area contributed by atoms with Crippen molar-refractivity contribution in [1.82, 2.24) is 9.80 Å². The number of piperazine rings is 1. The molecule has 1 fully saturated rings. The van der Waals surface area contributed by atoms with Crippen molar-refractivity contribution in [3.8, 4) is 5.75 Å². The molecule has 1 aromatic carbocycles. The molecule has 0 aromatic heterocycles. The number of nitrogens with zero attached hydrogens (tertiary/aromatic N) is 2. The molecule has 0 spiro atoms. The van der Waals surface area contributed by atoms with E-state index in [0.29, 0.717) is 31.9 Å². The third-order valence-electron chi connectivity index (χ3n) is 3.35. The number of benzene rings is 1. The smallest absolute Gasteiger partial charge is 0.241 e. The zero-order chi connectivity index (χ0) is 14.4. The highest BCUT2D eigenvalue weighted by Gasteiger charge is 2.19. The first-order valence-electron chi connectivity index (χ1n) is 6.58. The van der Waals surface area contributed by atoms with E-state index in [2.05, 4.69) is 5.32 Å². The minimum Gasteiger partial charge on any atom is -0.495 e. The molecule has 2 amide bonds. The van der Waals surface area contributed by atoms with Crippen molar-refractivity contribution in [2.75, 3.05) is 45.2 Å². The Bertz CT molecular complexity index is 470. The number of methoxy groups -OCH3 is 1. The maximum absolute atomic E-state index is 12.1. The molecule has 6 nitrogen and oxygen atoms in total. The molecule has 1 saturated heterocycles. The minimum absolute atomic E-state index is 0.0291. The summed E-state index contributed by atoms with van der Waals surface area (Å²) >= 11 is 0. The summed E-state index contributed by atoms with van der Waals surface area (Å²) in [5.74, 6) is 0.743. The standard InChI is InChI=1S/C14H19N3O3/c1-20-13-5-3-2-4-12(13)15-10-14(19)17-8-6-16(11-18)7-9-17/h2-5,11,15H,6-10H2,1H3. The highest BCUT2D eigenvalue weighted by molar-refractivity contribution is 5.81. The maximum atomic E-state index is 12.1. The molecule has 20 heavy (non-hydrogen) atoms. The summed E-state index contributed by atoms with van der Waals surface area (Å²) in [7, 11) is 1.60. The summed E-state index contributed by atoms with van der Waals surface area (Å²) in [4.78, 5) is 26.1. The fraction of sp³-hybridized carbons (Fsp3) is 0.429. The van der Waals surface area contributed by atoms with Gasteiger partial charge in [-0.3, -0.25) is 9.59 Å². The molecule has 0 bridgehead atoms. The molecule has 0 aliphatic carbocycles. The average Bonchev–Trinajstić information content (AvgIpc) is 2.53. The van der Waals surface area contributed by atoms with Crippen LogP contribution in [0.1, 0.15) is 0 Å². The molecule has 0 saturated carbocycles. The van der Waals surface area contributed by atoms with E-state index in [0.717, 1.165) is 12.1 Å². The van der Waals surface area contributed by atoms with Gasteiger partial charge in [0.15, 0.2) is 0 Å². The van der Waals surface area contributed by atoms with Crippen LogP contribution in [0.5, 0.6) is 5.75 Å². The lowest BCUT2D eigenvalue weighted by atomic mass is 10.3. The largest absolute Gasteiger partial charge is 0.495 e. The topological polar surface area (TPSA) is 61.9 Å². The molecule has 0 unspecified atom stereocenters. The first kappa shape index (κ1) is 14.2. The molecule has 108 valence electrons. The number of anilines is 1. The van der Waals surface area contributed by atoms with Crippen LogP contribution in [0.3, 0.4) is 0 Å². The Balaban J connectivity index is 1.85. The van der Waals surface area contributed by atoms with Crippen LogP contribution in [-0.2, 0) is 9.59 Å². The molecule has 1 aliphatic rings. The number of ether oxygens (including phenoxy) is 1. The van der Waals surface area contributed by atoms with Gasteiger partial charge < -0.3 is 19.9 Å². The zero-order valence-electron chi connectivity index (χ0n) is 11.5. The second-order valence-electron chi connectivity index (χ2n) is 4.58. The number of para-hydroxylation sites is 2. The molecule has 1 heterocycles. The van der Waals surface area contributed by atoms with Crippen molar-refractivity contribution >= 4 is 18.0 Å². The molecule has 0 radical (unpaired) electrons.